The molecule has 0 aliphatic rings. The highest BCUT2D eigenvalue weighted by Crippen LogP contribution is 2.33. The number of rotatable bonds is 7. The lowest BCUT2D eigenvalue weighted by Crippen LogP contribution is -2.26. The number of benzene rings is 2. The summed E-state index contributed by atoms with van der Waals surface area (Å²) in [5, 5.41) is 0.673. The number of carbonyl (C=O) groups is 1. The summed E-state index contributed by atoms with van der Waals surface area (Å²) in [5.41, 5.74) is 2.41. The van der Waals surface area contributed by atoms with Gasteiger partial charge >= 0.3 is 0 Å². The molecule has 1 amide bonds. The van der Waals surface area contributed by atoms with Crippen LogP contribution in [0, 0.1) is 0 Å². The Morgan fingerprint density at radius 3 is 2.44 bits per heavy atom. The van der Waals surface area contributed by atoms with Gasteiger partial charge in [0.1, 0.15) is 0 Å². The van der Waals surface area contributed by atoms with Gasteiger partial charge in [0.05, 0.1) is 14.2 Å². The molecule has 132 valence electrons. The second-order valence-electron chi connectivity index (χ2n) is 5.65. The van der Waals surface area contributed by atoms with Crippen LogP contribution in [0.2, 0.25) is 5.02 Å². The maximum atomic E-state index is 12.8. The minimum Gasteiger partial charge on any atom is -0.493 e. The molecule has 0 saturated carbocycles. The Kier molecular flexibility index (Phi) is 6.48. The second-order valence-corrected chi connectivity index (χ2v) is 6.09. The first-order valence-electron chi connectivity index (χ1n) is 7.85. The zero-order valence-corrected chi connectivity index (χ0v) is 15.5. The van der Waals surface area contributed by atoms with Crippen molar-refractivity contribution in [1.29, 1.82) is 0 Å². The van der Waals surface area contributed by atoms with Crippen LogP contribution >= 0.6 is 11.6 Å². The van der Waals surface area contributed by atoms with E-state index in [1.807, 2.05) is 30.3 Å². The fourth-order valence-corrected chi connectivity index (χ4v) is 2.76. The van der Waals surface area contributed by atoms with E-state index in [9.17, 15) is 4.79 Å². The molecule has 2 rings (SSSR count). The average Bonchev–Trinajstić information content (AvgIpc) is 2.62. The minimum atomic E-state index is -0.0961. The summed E-state index contributed by atoms with van der Waals surface area (Å²) < 4.78 is 10.8. The Morgan fingerprint density at radius 1 is 1.20 bits per heavy atom. The van der Waals surface area contributed by atoms with Gasteiger partial charge < -0.3 is 14.4 Å². The van der Waals surface area contributed by atoms with Gasteiger partial charge in [-0.25, -0.2) is 0 Å². The van der Waals surface area contributed by atoms with Crippen LogP contribution < -0.4 is 9.47 Å². The number of hydrogen-bond donors (Lipinski definition) is 0. The van der Waals surface area contributed by atoms with Crippen LogP contribution in [0.1, 0.15) is 21.5 Å². The Labute approximate surface area is 153 Å². The van der Waals surface area contributed by atoms with Crippen LogP contribution in [0.25, 0.3) is 0 Å². The maximum absolute atomic E-state index is 12.8. The Bertz CT molecular complexity index is 756. The lowest BCUT2D eigenvalue weighted by molar-refractivity contribution is 0.0784. The number of nitrogens with zero attached hydrogens (tertiary/aromatic N) is 1. The van der Waals surface area contributed by atoms with E-state index >= 15 is 0 Å². The van der Waals surface area contributed by atoms with Gasteiger partial charge in [-0.1, -0.05) is 29.8 Å². The average molecular weight is 360 g/mol. The van der Waals surface area contributed by atoms with E-state index < -0.39 is 0 Å². The van der Waals surface area contributed by atoms with Gasteiger partial charge in [0.2, 0.25) is 0 Å². The van der Waals surface area contributed by atoms with Gasteiger partial charge in [-0.2, -0.15) is 0 Å². The van der Waals surface area contributed by atoms with Crippen molar-refractivity contribution < 1.29 is 14.3 Å². The number of ether oxygens (including phenoxy) is 2. The lowest BCUT2D eigenvalue weighted by Gasteiger charge is -2.20. The van der Waals surface area contributed by atoms with Gasteiger partial charge in [0.15, 0.2) is 11.5 Å². The van der Waals surface area contributed by atoms with Crippen LogP contribution in [-0.2, 0) is 13.0 Å². The molecule has 0 atom stereocenters. The minimum absolute atomic E-state index is 0.0961. The summed E-state index contributed by atoms with van der Waals surface area (Å²) in [7, 11) is 4.90. The highest BCUT2D eigenvalue weighted by molar-refractivity contribution is 6.30. The smallest absolute Gasteiger partial charge is 0.254 e. The maximum Gasteiger partial charge on any atom is 0.254 e. The molecular formula is C20H22ClNO3. The summed E-state index contributed by atoms with van der Waals surface area (Å²) in [6.07, 6.45) is 2.35. The summed E-state index contributed by atoms with van der Waals surface area (Å²) >= 11 is 5.90. The van der Waals surface area contributed by atoms with Gasteiger partial charge in [-0.15, -0.1) is 6.58 Å². The molecule has 0 aliphatic carbocycles. The van der Waals surface area contributed by atoms with Crippen LogP contribution in [-0.4, -0.2) is 32.1 Å². The van der Waals surface area contributed by atoms with Crippen molar-refractivity contribution in [2.45, 2.75) is 13.0 Å². The van der Waals surface area contributed by atoms with Gasteiger partial charge in [-0.05, 0) is 36.2 Å². The van der Waals surface area contributed by atoms with Crippen LogP contribution in [0.3, 0.4) is 0 Å². The topological polar surface area (TPSA) is 38.8 Å². The third-order valence-corrected chi connectivity index (χ3v) is 4.10. The monoisotopic (exact) mass is 359 g/mol. The van der Waals surface area contributed by atoms with E-state index in [1.54, 1.807) is 38.3 Å². The number of halogens is 1. The zero-order chi connectivity index (χ0) is 18.4. The Hall–Kier alpha value is -2.46. The van der Waals surface area contributed by atoms with E-state index in [-0.39, 0.29) is 5.91 Å². The molecule has 0 unspecified atom stereocenters. The normalized spacial score (nSPS) is 10.2. The number of allylic oxidation sites excluding steroid dienone is 1. The molecule has 0 heterocycles. The molecule has 2 aromatic carbocycles. The molecule has 5 heteroatoms. The third-order valence-electron chi connectivity index (χ3n) is 3.85. The van der Waals surface area contributed by atoms with E-state index in [1.165, 1.54) is 0 Å². The summed E-state index contributed by atoms with van der Waals surface area (Å²) in [5.74, 6) is 1.06. The fraction of sp³-hybridized carbons (Fsp3) is 0.250. The molecule has 0 aromatic heterocycles. The van der Waals surface area contributed by atoms with E-state index in [0.717, 1.165) is 11.1 Å². The van der Waals surface area contributed by atoms with E-state index in [4.69, 9.17) is 21.1 Å². The largest absolute Gasteiger partial charge is 0.493 e. The third kappa shape index (κ3) is 4.54. The molecule has 0 spiro atoms. The summed E-state index contributed by atoms with van der Waals surface area (Å²) in [6.45, 7) is 4.24. The lowest BCUT2D eigenvalue weighted by atomic mass is 10.0. The van der Waals surface area contributed by atoms with Crippen LogP contribution in [0.15, 0.2) is 49.1 Å². The molecule has 2 aromatic rings. The fourth-order valence-electron chi connectivity index (χ4n) is 2.63. The number of methoxy groups -OCH3 is 2. The quantitative estimate of drug-likeness (QED) is 0.689. The zero-order valence-electron chi connectivity index (χ0n) is 14.7. The Morgan fingerprint density at radius 2 is 1.88 bits per heavy atom. The molecule has 4 nitrogen and oxygen atoms in total. The molecule has 0 bridgehead atoms. The highest BCUT2D eigenvalue weighted by Gasteiger charge is 2.18. The van der Waals surface area contributed by atoms with Crippen molar-refractivity contribution in [3.63, 3.8) is 0 Å². The van der Waals surface area contributed by atoms with Crippen molar-refractivity contribution in [2.24, 2.45) is 0 Å². The number of carbonyl (C=O) groups excluding carboxylic acids is 1. The van der Waals surface area contributed by atoms with Crippen molar-refractivity contribution >= 4 is 17.5 Å². The molecule has 0 saturated heterocycles. The molecule has 0 fully saturated rings. The van der Waals surface area contributed by atoms with Crippen molar-refractivity contribution in [3.05, 3.63) is 70.8 Å². The number of amides is 1. The highest BCUT2D eigenvalue weighted by atomic mass is 35.5. The van der Waals surface area contributed by atoms with Gasteiger partial charge in [0, 0.05) is 29.7 Å². The molecule has 0 aliphatic heterocycles. The van der Waals surface area contributed by atoms with Crippen LogP contribution in [0.5, 0.6) is 11.5 Å². The van der Waals surface area contributed by atoms with E-state index in [2.05, 4.69) is 6.58 Å². The first-order chi connectivity index (χ1) is 12.0. The van der Waals surface area contributed by atoms with Crippen molar-refractivity contribution in [3.8, 4) is 11.5 Å². The summed E-state index contributed by atoms with van der Waals surface area (Å²) in [4.78, 5) is 14.5. The van der Waals surface area contributed by atoms with E-state index in [0.29, 0.717) is 35.1 Å². The van der Waals surface area contributed by atoms with Gasteiger partial charge in [0.25, 0.3) is 5.91 Å². The number of hydrogen-bond acceptors (Lipinski definition) is 3. The SMILES string of the molecule is C=CCc1cc(C(=O)N(C)Cc2ccc(Cl)cc2)cc(OC)c1OC. The molecule has 0 radical (unpaired) electrons. The molecular weight excluding hydrogens is 338 g/mol. The van der Waals surface area contributed by atoms with Crippen molar-refractivity contribution in [2.75, 3.05) is 21.3 Å². The first-order valence-corrected chi connectivity index (χ1v) is 8.23. The standard InChI is InChI=1S/C20H22ClNO3/c1-5-6-15-11-16(12-18(24-3)19(15)25-4)20(23)22(2)13-14-7-9-17(21)10-8-14/h5,7-12H,1,6,13H2,2-4H3. The first kappa shape index (κ1) is 18.9. The predicted molar refractivity (Wildman–Crippen MR) is 101 cm³/mol. The Balaban J connectivity index is 2.29. The van der Waals surface area contributed by atoms with Crippen molar-refractivity contribution in [1.82, 2.24) is 4.90 Å². The van der Waals surface area contributed by atoms with Crippen LogP contribution in [0.4, 0.5) is 0 Å². The summed E-state index contributed by atoms with van der Waals surface area (Å²) in [6, 6.07) is 11.0. The molecule has 25 heavy (non-hydrogen) atoms. The second kappa shape index (κ2) is 8.58. The molecule has 0 N–H and O–H groups in total. The predicted octanol–water partition coefficient (Wildman–Crippen LogP) is 4.36. The van der Waals surface area contributed by atoms with Gasteiger partial charge in [-0.3, -0.25) is 4.79 Å².